The second-order valence-electron chi connectivity index (χ2n) is 6.02. The van der Waals surface area contributed by atoms with Crippen LogP contribution in [0.3, 0.4) is 0 Å². The third-order valence-corrected chi connectivity index (χ3v) is 4.30. The lowest BCUT2D eigenvalue weighted by Crippen LogP contribution is -2.13. The van der Waals surface area contributed by atoms with Crippen LogP contribution in [0.1, 0.15) is 15.9 Å². The van der Waals surface area contributed by atoms with Crippen molar-refractivity contribution < 1.29 is 9.18 Å². The summed E-state index contributed by atoms with van der Waals surface area (Å²) < 4.78 is 15.3. The Morgan fingerprint density at radius 3 is 2.59 bits per heavy atom. The molecule has 1 amide bonds. The van der Waals surface area contributed by atoms with E-state index in [1.165, 1.54) is 12.4 Å². The van der Waals surface area contributed by atoms with Crippen molar-refractivity contribution in [2.24, 2.45) is 5.73 Å². The summed E-state index contributed by atoms with van der Waals surface area (Å²) in [6.45, 7) is 0.501. The highest BCUT2D eigenvalue weighted by molar-refractivity contribution is 5.99. The number of rotatable bonds is 5. The van der Waals surface area contributed by atoms with Gasteiger partial charge in [0, 0.05) is 12.1 Å². The maximum atomic E-state index is 13.7. The molecule has 0 aliphatic heterocycles. The van der Waals surface area contributed by atoms with Gasteiger partial charge in [0.1, 0.15) is 12.1 Å². The van der Waals surface area contributed by atoms with Crippen LogP contribution < -0.4 is 11.1 Å². The maximum Gasteiger partial charge on any atom is 0.252 e. The summed E-state index contributed by atoms with van der Waals surface area (Å²) in [6.07, 6.45) is 1.39. The molecule has 2 heterocycles. The van der Waals surface area contributed by atoms with Gasteiger partial charge in [-0.15, -0.1) is 0 Å². The van der Waals surface area contributed by atoms with Crippen molar-refractivity contribution in [3.05, 3.63) is 83.9 Å². The zero-order valence-electron chi connectivity index (χ0n) is 14.3. The van der Waals surface area contributed by atoms with Gasteiger partial charge in [0.05, 0.1) is 16.9 Å². The highest BCUT2D eigenvalue weighted by Gasteiger charge is 2.13. The average Bonchev–Trinajstić information content (AvgIpc) is 3.17. The first-order valence-electron chi connectivity index (χ1n) is 8.34. The van der Waals surface area contributed by atoms with Gasteiger partial charge in [-0.05, 0) is 29.8 Å². The summed E-state index contributed by atoms with van der Waals surface area (Å²) >= 11 is 0. The quantitative estimate of drug-likeness (QED) is 0.571. The number of nitrogens with zero attached hydrogens (tertiary/aromatic N) is 3. The van der Waals surface area contributed by atoms with Crippen molar-refractivity contribution in [1.29, 1.82) is 0 Å². The van der Waals surface area contributed by atoms with Crippen molar-refractivity contribution in [2.45, 2.75) is 6.54 Å². The molecule has 7 heteroatoms. The van der Waals surface area contributed by atoms with E-state index in [2.05, 4.69) is 15.4 Å². The number of amides is 1. The number of pyridine rings is 1. The molecule has 134 valence electrons. The number of hydrogen-bond acceptors (Lipinski definition) is 4. The van der Waals surface area contributed by atoms with Gasteiger partial charge in [-0.3, -0.25) is 4.79 Å². The molecule has 2 aromatic carbocycles. The molecule has 0 atom stereocenters. The van der Waals surface area contributed by atoms with E-state index in [-0.39, 0.29) is 5.82 Å². The van der Waals surface area contributed by atoms with E-state index in [0.717, 1.165) is 16.8 Å². The lowest BCUT2D eigenvalue weighted by atomic mass is 10.1. The number of halogens is 1. The van der Waals surface area contributed by atoms with Gasteiger partial charge in [0.2, 0.25) is 0 Å². The molecule has 4 aromatic rings. The standard InChI is InChI=1S/C20H16FN5O/c21-16-3-1-2-4-17(16)23-11-13-5-7-14(8-6-13)18-10-9-15(19(22)27)20-24-12-25-26(18)20/h1-10,12,23H,11H2,(H2,22,27). The molecule has 0 aliphatic rings. The average molecular weight is 361 g/mol. The third-order valence-electron chi connectivity index (χ3n) is 4.30. The van der Waals surface area contributed by atoms with Crippen LogP contribution in [-0.4, -0.2) is 20.5 Å². The van der Waals surface area contributed by atoms with E-state index in [1.54, 1.807) is 34.8 Å². The van der Waals surface area contributed by atoms with Crippen molar-refractivity contribution in [3.8, 4) is 11.3 Å². The number of nitrogens with one attached hydrogen (secondary N) is 1. The Labute approximate surface area is 154 Å². The van der Waals surface area contributed by atoms with E-state index in [9.17, 15) is 9.18 Å². The first-order chi connectivity index (χ1) is 13.1. The fourth-order valence-electron chi connectivity index (χ4n) is 2.91. The molecule has 4 rings (SSSR count). The topological polar surface area (TPSA) is 85.3 Å². The van der Waals surface area contributed by atoms with Crippen molar-refractivity contribution in [2.75, 3.05) is 5.32 Å². The van der Waals surface area contributed by atoms with Crippen LogP contribution in [-0.2, 0) is 6.54 Å². The van der Waals surface area contributed by atoms with Gasteiger partial charge >= 0.3 is 0 Å². The molecule has 6 nitrogen and oxygen atoms in total. The molecule has 3 N–H and O–H groups in total. The molecule has 27 heavy (non-hydrogen) atoms. The van der Waals surface area contributed by atoms with E-state index in [1.807, 2.05) is 24.3 Å². The SMILES string of the molecule is NC(=O)c1ccc(-c2ccc(CNc3ccccc3F)cc2)n2ncnc12. The Kier molecular flexibility index (Phi) is 4.25. The number of fused-ring (bicyclic) bond motifs is 1. The number of para-hydroxylation sites is 1. The van der Waals surface area contributed by atoms with Crippen LogP contribution in [0.4, 0.5) is 10.1 Å². The largest absolute Gasteiger partial charge is 0.379 e. The lowest BCUT2D eigenvalue weighted by molar-refractivity contribution is 0.100. The summed E-state index contributed by atoms with van der Waals surface area (Å²) in [7, 11) is 0. The number of aromatic nitrogens is 3. The highest BCUT2D eigenvalue weighted by atomic mass is 19.1. The summed E-state index contributed by atoms with van der Waals surface area (Å²) in [6, 6.07) is 17.8. The zero-order chi connectivity index (χ0) is 18.8. The number of benzene rings is 2. The molecule has 0 bridgehead atoms. The number of carbonyl (C=O) groups is 1. The first-order valence-corrected chi connectivity index (χ1v) is 8.34. The molecule has 0 saturated carbocycles. The van der Waals surface area contributed by atoms with Crippen LogP contribution in [0.25, 0.3) is 16.9 Å². The van der Waals surface area contributed by atoms with Crippen LogP contribution in [0, 0.1) is 5.82 Å². The lowest BCUT2D eigenvalue weighted by Gasteiger charge is -2.10. The fourth-order valence-corrected chi connectivity index (χ4v) is 2.91. The highest BCUT2D eigenvalue weighted by Crippen LogP contribution is 2.23. The van der Waals surface area contributed by atoms with Gasteiger partial charge in [-0.2, -0.15) is 5.10 Å². The van der Waals surface area contributed by atoms with E-state index in [4.69, 9.17) is 5.73 Å². The molecule has 2 aromatic heterocycles. The van der Waals surface area contributed by atoms with Crippen LogP contribution >= 0.6 is 0 Å². The van der Waals surface area contributed by atoms with Gasteiger partial charge in [0.25, 0.3) is 5.91 Å². The molecular formula is C20H16FN5O. The third kappa shape index (κ3) is 3.22. The van der Waals surface area contributed by atoms with Crippen molar-refractivity contribution in [1.82, 2.24) is 14.6 Å². The van der Waals surface area contributed by atoms with Gasteiger partial charge in [-0.1, -0.05) is 36.4 Å². The van der Waals surface area contributed by atoms with Crippen molar-refractivity contribution in [3.63, 3.8) is 0 Å². The molecular weight excluding hydrogens is 345 g/mol. The smallest absolute Gasteiger partial charge is 0.252 e. The summed E-state index contributed by atoms with van der Waals surface area (Å²) in [5.41, 5.74) is 9.31. The minimum Gasteiger partial charge on any atom is -0.379 e. The van der Waals surface area contributed by atoms with Crippen LogP contribution in [0.5, 0.6) is 0 Å². The predicted octanol–water partition coefficient (Wildman–Crippen LogP) is 3.25. The van der Waals surface area contributed by atoms with Gasteiger partial charge < -0.3 is 11.1 Å². The maximum absolute atomic E-state index is 13.7. The normalized spacial score (nSPS) is 10.9. The predicted molar refractivity (Wildman–Crippen MR) is 101 cm³/mol. The minimum atomic E-state index is -0.547. The van der Waals surface area contributed by atoms with Gasteiger partial charge in [-0.25, -0.2) is 13.9 Å². The van der Waals surface area contributed by atoms with Crippen LogP contribution in [0.15, 0.2) is 67.0 Å². The minimum absolute atomic E-state index is 0.280. The second-order valence-corrected chi connectivity index (χ2v) is 6.02. The fraction of sp³-hybridized carbons (Fsp3) is 0.0500. The van der Waals surface area contributed by atoms with Crippen molar-refractivity contribution >= 4 is 17.2 Å². The summed E-state index contributed by atoms with van der Waals surface area (Å²) in [5, 5.41) is 7.27. The number of hydrogen-bond donors (Lipinski definition) is 2. The number of anilines is 1. The second kappa shape index (κ2) is 6.87. The van der Waals surface area contributed by atoms with E-state index in [0.29, 0.717) is 23.4 Å². The Morgan fingerprint density at radius 2 is 1.85 bits per heavy atom. The molecule has 0 fully saturated rings. The Bertz CT molecular complexity index is 1120. The zero-order valence-corrected chi connectivity index (χ0v) is 14.3. The monoisotopic (exact) mass is 361 g/mol. The molecule has 0 aliphatic carbocycles. The number of primary amides is 1. The van der Waals surface area contributed by atoms with Crippen LogP contribution in [0.2, 0.25) is 0 Å². The number of nitrogens with two attached hydrogens (primary N) is 1. The first kappa shape index (κ1) is 16.7. The molecule has 0 radical (unpaired) electrons. The Hall–Kier alpha value is -3.74. The molecule has 0 unspecified atom stereocenters. The Balaban J connectivity index is 1.59. The molecule has 0 saturated heterocycles. The van der Waals surface area contributed by atoms with E-state index < -0.39 is 5.91 Å². The molecule has 0 spiro atoms. The summed E-state index contributed by atoms with van der Waals surface area (Å²) in [5.74, 6) is -0.827. The number of carbonyl (C=O) groups excluding carboxylic acids is 1. The summed E-state index contributed by atoms with van der Waals surface area (Å²) in [4.78, 5) is 15.6. The van der Waals surface area contributed by atoms with Gasteiger partial charge in [0.15, 0.2) is 5.65 Å². The Morgan fingerprint density at radius 1 is 1.07 bits per heavy atom. The van der Waals surface area contributed by atoms with E-state index >= 15 is 0 Å².